The van der Waals surface area contributed by atoms with Crippen molar-refractivity contribution < 1.29 is 12.8 Å². The molecule has 0 saturated heterocycles. The van der Waals surface area contributed by atoms with Crippen LogP contribution in [-0.2, 0) is 16.4 Å². The Labute approximate surface area is 131 Å². The predicted octanol–water partition coefficient (Wildman–Crippen LogP) is 3.35. The Balaban J connectivity index is 1.89. The number of aryl methyl sites for hydroxylation is 3. The van der Waals surface area contributed by atoms with Gasteiger partial charge in [-0.15, -0.1) is 0 Å². The van der Waals surface area contributed by atoms with Gasteiger partial charge in [-0.3, -0.25) is 0 Å². The Morgan fingerprint density at radius 1 is 1.05 bits per heavy atom. The molecule has 0 aliphatic heterocycles. The second kappa shape index (κ2) is 7.03. The van der Waals surface area contributed by atoms with Gasteiger partial charge < -0.3 is 0 Å². The van der Waals surface area contributed by atoms with Gasteiger partial charge in [0.15, 0.2) is 0 Å². The number of sulfonamides is 1. The normalized spacial score (nSPS) is 11.6. The molecule has 2 aromatic rings. The Kier molecular flexibility index (Phi) is 5.32. The summed E-state index contributed by atoms with van der Waals surface area (Å²) in [5, 5.41) is 0. The van der Waals surface area contributed by atoms with Gasteiger partial charge in [-0.05, 0) is 56.0 Å². The van der Waals surface area contributed by atoms with E-state index in [0.717, 1.165) is 6.42 Å². The first kappa shape index (κ1) is 16.6. The van der Waals surface area contributed by atoms with E-state index in [1.165, 1.54) is 29.3 Å². The highest BCUT2D eigenvalue weighted by atomic mass is 32.2. The van der Waals surface area contributed by atoms with E-state index in [-0.39, 0.29) is 4.90 Å². The zero-order valence-corrected chi connectivity index (χ0v) is 13.6. The average Bonchev–Trinajstić information content (AvgIpc) is 2.48. The van der Waals surface area contributed by atoms with Gasteiger partial charge in [0.1, 0.15) is 5.82 Å². The fourth-order valence-electron chi connectivity index (χ4n) is 2.12. The number of rotatable bonds is 6. The molecule has 0 bridgehead atoms. The Morgan fingerprint density at radius 3 is 2.36 bits per heavy atom. The van der Waals surface area contributed by atoms with Gasteiger partial charge in [-0.1, -0.05) is 29.8 Å². The molecule has 22 heavy (non-hydrogen) atoms. The maximum Gasteiger partial charge on any atom is 0.240 e. The van der Waals surface area contributed by atoms with Crippen LogP contribution in [0.2, 0.25) is 0 Å². The number of benzene rings is 2. The summed E-state index contributed by atoms with van der Waals surface area (Å²) < 4.78 is 40.0. The highest BCUT2D eigenvalue weighted by molar-refractivity contribution is 7.89. The molecule has 2 rings (SSSR count). The van der Waals surface area contributed by atoms with Crippen LogP contribution in [0.4, 0.5) is 4.39 Å². The molecule has 5 heteroatoms. The molecule has 0 amide bonds. The number of hydrogen-bond donors (Lipinski definition) is 1. The van der Waals surface area contributed by atoms with Crippen molar-refractivity contribution in [2.24, 2.45) is 0 Å². The van der Waals surface area contributed by atoms with Crippen molar-refractivity contribution >= 4 is 10.0 Å². The van der Waals surface area contributed by atoms with Gasteiger partial charge in [0.25, 0.3) is 0 Å². The third-order valence-electron chi connectivity index (χ3n) is 3.49. The number of halogens is 1. The minimum Gasteiger partial charge on any atom is -0.211 e. The third kappa shape index (κ3) is 4.39. The Morgan fingerprint density at radius 2 is 1.73 bits per heavy atom. The molecule has 0 unspecified atom stereocenters. The molecular weight excluding hydrogens is 301 g/mol. The van der Waals surface area contributed by atoms with Crippen LogP contribution in [0.5, 0.6) is 0 Å². The number of nitrogens with one attached hydrogen (secondary N) is 1. The summed E-state index contributed by atoms with van der Waals surface area (Å²) in [6.45, 7) is 3.93. The zero-order chi connectivity index (χ0) is 16.2. The summed E-state index contributed by atoms with van der Waals surface area (Å²) in [4.78, 5) is 0.0988. The molecule has 0 saturated carbocycles. The van der Waals surface area contributed by atoms with Crippen LogP contribution in [0.25, 0.3) is 0 Å². The Hall–Kier alpha value is -1.72. The molecule has 0 aliphatic rings. The monoisotopic (exact) mass is 321 g/mol. The molecule has 0 atom stereocenters. The first-order chi connectivity index (χ1) is 10.4. The van der Waals surface area contributed by atoms with E-state index in [2.05, 4.69) is 4.72 Å². The molecule has 0 aliphatic carbocycles. The van der Waals surface area contributed by atoms with Crippen molar-refractivity contribution in [1.82, 2.24) is 4.72 Å². The average molecular weight is 321 g/mol. The maximum absolute atomic E-state index is 13.2. The first-order valence-corrected chi connectivity index (χ1v) is 8.68. The van der Waals surface area contributed by atoms with Crippen molar-refractivity contribution in [2.75, 3.05) is 6.54 Å². The largest absolute Gasteiger partial charge is 0.240 e. The molecule has 0 fully saturated rings. The molecule has 118 valence electrons. The van der Waals surface area contributed by atoms with E-state index in [0.29, 0.717) is 18.5 Å². The lowest BCUT2D eigenvalue weighted by Gasteiger charge is -2.08. The highest BCUT2D eigenvalue weighted by Crippen LogP contribution is 2.14. The first-order valence-electron chi connectivity index (χ1n) is 7.20. The molecule has 2 aromatic carbocycles. The second-order valence-electron chi connectivity index (χ2n) is 5.40. The standard InChI is InChI=1S/C17H20FNO2S/c1-13-5-7-15(8-6-13)4-3-11-19-22(20,21)16-9-10-17(18)14(2)12-16/h5-10,12,19H,3-4,11H2,1-2H3. The third-order valence-corrected chi connectivity index (χ3v) is 4.95. The van der Waals surface area contributed by atoms with Crippen LogP contribution >= 0.6 is 0 Å². The lowest BCUT2D eigenvalue weighted by atomic mass is 10.1. The molecular formula is C17H20FNO2S. The molecule has 0 spiro atoms. The summed E-state index contributed by atoms with van der Waals surface area (Å²) in [6, 6.07) is 12.0. The van der Waals surface area contributed by atoms with E-state index in [9.17, 15) is 12.8 Å². The smallest absolute Gasteiger partial charge is 0.211 e. The van der Waals surface area contributed by atoms with E-state index in [4.69, 9.17) is 0 Å². The van der Waals surface area contributed by atoms with Gasteiger partial charge >= 0.3 is 0 Å². The minimum absolute atomic E-state index is 0.0988. The van der Waals surface area contributed by atoms with Gasteiger partial charge in [0, 0.05) is 6.54 Å². The summed E-state index contributed by atoms with van der Waals surface area (Å²) in [6.07, 6.45) is 1.52. The van der Waals surface area contributed by atoms with Crippen LogP contribution in [0, 0.1) is 19.7 Å². The van der Waals surface area contributed by atoms with Crippen molar-refractivity contribution in [3.8, 4) is 0 Å². The predicted molar refractivity (Wildman–Crippen MR) is 85.8 cm³/mol. The maximum atomic E-state index is 13.2. The second-order valence-corrected chi connectivity index (χ2v) is 7.16. The minimum atomic E-state index is -3.58. The van der Waals surface area contributed by atoms with E-state index >= 15 is 0 Å². The quantitative estimate of drug-likeness (QED) is 0.829. The van der Waals surface area contributed by atoms with Crippen LogP contribution in [0.1, 0.15) is 23.1 Å². The zero-order valence-electron chi connectivity index (χ0n) is 12.8. The summed E-state index contributed by atoms with van der Waals surface area (Å²) in [7, 11) is -3.58. The van der Waals surface area contributed by atoms with E-state index in [1.807, 2.05) is 31.2 Å². The van der Waals surface area contributed by atoms with E-state index < -0.39 is 15.8 Å². The highest BCUT2D eigenvalue weighted by Gasteiger charge is 2.14. The van der Waals surface area contributed by atoms with E-state index in [1.54, 1.807) is 6.92 Å². The van der Waals surface area contributed by atoms with Gasteiger partial charge in [-0.2, -0.15) is 0 Å². The SMILES string of the molecule is Cc1ccc(CCCNS(=O)(=O)c2ccc(F)c(C)c2)cc1. The Bertz CT molecular complexity index is 740. The molecule has 0 aromatic heterocycles. The molecule has 1 N–H and O–H groups in total. The van der Waals surface area contributed by atoms with Crippen molar-refractivity contribution in [1.29, 1.82) is 0 Å². The lowest BCUT2D eigenvalue weighted by molar-refractivity contribution is 0.577. The van der Waals surface area contributed by atoms with Gasteiger partial charge in [0.2, 0.25) is 10.0 Å². The summed E-state index contributed by atoms with van der Waals surface area (Å²) in [5.41, 5.74) is 2.71. The fraction of sp³-hybridized carbons (Fsp3) is 0.294. The van der Waals surface area contributed by atoms with Crippen LogP contribution < -0.4 is 4.72 Å². The van der Waals surface area contributed by atoms with Crippen LogP contribution in [0.3, 0.4) is 0 Å². The molecule has 0 radical (unpaired) electrons. The van der Waals surface area contributed by atoms with Crippen molar-refractivity contribution in [3.05, 3.63) is 65.0 Å². The van der Waals surface area contributed by atoms with Crippen LogP contribution in [-0.4, -0.2) is 15.0 Å². The summed E-state index contributed by atoms with van der Waals surface area (Å²) in [5.74, 6) is -0.404. The molecule has 0 heterocycles. The topological polar surface area (TPSA) is 46.2 Å². The van der Waals surface area contributed by atoms with Gasteiger partial charge in [0.05, 0.1) is 4.90 Å². The lowest BCUT2D eigenvalue weighted by Crippen LogP contribution is -2.25. The van der Waals surface area contributed by atoms with Crippen molar-refractivity contribution in [2.45, 2.75) is 31.6 Å². The molecule has 3 nitrogen and oxygen atoms in total. The number of hydrogen-bond acceptors (Lipinski definition) is 2. The van der Waals surface area contributed by atoms with Crippen molar-refractivity contribution in [3.63, 3.8) is 0 Å². The fourth-order valence-corrected chi connectivity index (χ4v) is 3.28. The van der Waals surface area contributed by atoms with Crippen LogP contribution in [0.15, 0.2) is 47.4 Å². The van der Waals surface area contributed by atoms with Gasteiger partial charge in [-0.25, -0.2) is 17.5 Å². The summed E-state index contributed by atoms with van der Waals surface area (Å²) >= 11 is 0.